The molecule has 2 aromatic heterocycles. The number of aryl methyl sites for hydroxylation is 2. The van der Waals surface area contributed by atoms with Crippen molar-refractivity contribution in [1.29, 1.82) is 0 Å². The highest BCUT2D eigenvalue weighted by Crippen LogP contribution is 2.33. The third-order valence-corrected chi connectivity index (χ3v) is 9.80. The van der Waals surface area contributed by atoms with Crippen LogP contribution >= 0.6 is 0 Å². The number of aliphatic hydroxyl groups excluding tert-OH is 1. The van der Waals surface area contributed by atoms with E-state index in [0.717, 1.165) is 31.4 Å². The van der Waals surface area contributed by atoms with Gasteiger partial charge in [-0.3, -0.25) is 4.79 Å². The molecule has 2 aliphatic rings. The number of fused-ring (bicyclic) bond motifs is 1. The predicted octanol–water partition coefficient (Wildman–Crippen LogP) is 2.98. The van der Waals surface area contributed by atoms with Gasteiger partial charge in [-0.25, -0.2) is 17.2 Å². The molecule has 1 saturated heterocycles. The molecule has 3 heterocycles. The molecule has 0 bridgehead atoms. The number of sulfonamides is 1. The summed E-state index contributed by atoms with van der Waals surface area (Å²) in [6, 6.07) is 0. The first-order chi connectivity index (χ1) is 18.8. The van der Waals surface area contributed by atoms with Crippen LogP contribution in [0.4, 0.5) is 0 Å². The molecule has 1 unspecified atom stereocenters. The molecule has 0 spiro atoms. The molecule has 0 amide bonds. The van der Waals surface area contributed by atoms with Crippen molar-refractivity contribution >= 4 is 27.3 Å². The first-order valence-corrected chi connectivity index (χ1v) is 15.2. The minimum absolute atomic E-state index is 0.108. The number of H-pyrrole nitrogens is 1. The van der Waals surface area contributed by atoms with Gasteiger partial charge in [0.05, 0.1) is 23.8 Å². The van der Waals surface area contributed by atoms with Gasteiger partial charge in [-0.05, 0) is 56.6 Å². The Morgan fingerprint density at radius 3 is 2.64 bits per heavy atom. The van der Waals surface area contributed by atoms with Crippen molar-refractivity contribution < 1.29 is 23.5 Å². The highest BCUT2D eigenvalue weighted by atomic mass is 32.2. The molecular weight excluding hydrogens is 522 g/mol. The summed E-state index contributed by atoms with van der Waals surface area (Å²) < 4.78 is 36.4. The smallest absolute Gasteiger partial charge is 0.275 e. The van der Waals surface area contributed by atoms with Crippen LogP contribution in [0.15, 0.2) is 27.9 Å². The van der Waals surface area contributed by atoms with E-state index in [1.165, 1.54) is 6.21 Å². The van der Waals surface area contributed by atoms with E-state index >= 15 is 0 Å². The Kier molecular flexibility index (Phi) is 9.29. The van der Waals surface area contributed by atoms with Gasteiger partial charge < -0.3 is 20.0 Å². The number of hydrogen-bond acceptors (Lipinski definition) is 8. The number of nitrogens with zero attached hydrogens (tertiary/aromatic N) is 4. The number of ether oxygens (including phenoxy) is 1. The van der Waals surface area contributed by atoms with E-state index in [1.54, 1.807) is 27.9 Å². The average molecular weight is 562 g/mol. The molecule has 214 valence electrons. The lowest BCUT2D eigenvalue weighted by Gasteiger charge is -2.34. The fraction of sp³-hybridized carbons (Fsp3) is 0.593. The Morgan fingerprint density at radius 1 is 1.26 bits per heavy atom. The number of aromatic amines is 1. The summed E-state index contributed by atoms with van der Waals surface area (Å²) >= 11 is 0. The monoisotopic (exact) mass is 561 g/mol. The number of aromatic nitrogens is 3. The third-order valence-electron chi connectivity index (χ3n) is 7.62. The van der Waals surface area contributed by atoms with E-state index in [1.807, 2.05) is 13.8 Å². The van der Waals surface area contributed by atoms with Crippen LogP contribution in [0.5, 0.6) is 0 Å². The number of hydrogen-bond donors (Lipinski definition) is 3. The second kappa shape index (κ2) is 12.5. The van der Waals surface area contributed by atoms with Crippen molar-refractivity contribution in [3.8, 4) is 0 Å². The first-order valence-electron chi connectivity index (χ1n) is 13.7. The van der Waals surface area contributed by atoms with E-state index in [9.17, 15) is 23.5 Å². The maximum Gasteiger partial charge on any atom is 0.275 e. The predicted molar refractivity (Wildman–Crippen MR) is 150 cm³/mol. The van der Waals surface area contributed by atoms with Gasteiger partial charge in [-0.2, -0.15) is 0 Å². The van der Waals surface area contributed by atoms with Crippen LogP contribution in [-0.4, -0.2) is 75.4 Å². The van der Waals surface area contributed by atoms with Gasteiger partial charge in [0.2, 0.25) is 10.0 Å². The lowest BCUT2D eigenvalue weighted by molar-refractivity contribution is 0.207. The molecule has 1 aliphatic heterocycles. The van der Waals surface area contributed by atoms with Crippen LogP contribution in [0.3, 0.4) is 0 Å². The highest BCUT2D eigenvalue weighted by Gasteiger charge is 2.36. The van der Waals surface area contributed by atoms with Gasteiger partial charge in [-0.15, -0.1) is 5.10 Å². The molecule has 3 N–H and O–H groups in total. The molecule has 1 fully saturated rings. The largest absolute Gasteiger partial charge is 0.493 e. The standard InChI is InChI=1S/C27H39N5O6S/c1-4-6-23-22(17-28-35)18(3)25-27(34)29-26(30-32(23)25)21-16-20(7-8-24(21)38-15-5-2)39(36,37)31-12-9-19(10-13-31)11-14-33/h7-8,17,19-20,33,35H,4-6,9-16H2,1-3H3,(H,29,30,34)/b28-17+. The second-order valence-corrected chi connectivity index (χ2v) is 12.4. The van der Waals surface area contributed by atoms with Crippen molar-refractivity contribution in [2.24, 2.45) is 11.1 Å². The van der Waals surface area contributed by atoms with Gasteiger partial charge in [0.1, 0.15) is 11.3 Å². The summed E-state index contributed by atoms with van der Waals surface area (Å²) in [5.74, 6) is 1.08. The Morgan fingerprint density at radius 2 is 2.00 bits per heavy atom. The van der Waals surface area contributed by atoms with Gasteiger partial charge in [0.25, 0.3) is 5.56 Å². The molecule has 11 nitrogen and oxygen atoms in total. The number of nitrogens with one attached hydrogen (secondary N) is 1. The Hall–Kier alpha value is -2.96. The normalized spacial score (nSPS) is 19.5. The number of allylic oxidation sites excluding steroid dienone is 2. The minimum atomic E-state index is -3.67. The summed E-state index contributed by atoms with van der Waals surface area (Å²) in [5.41, 5.74) is 2.55. The van der Waals surface area contributed by atoms with Crippen molar-refractivity contribution in [1.82, 2.24) is 18.9 Å². The second-order valence-electron chi connectivity index (χ2n) is 10.2. The average Bonchev–Trinajstić information content (AvgIpc) is 3.19. The molecule has 0 saturated carbocycles. The molecule has 1 atom stereocenters. The molecular formula is C27H39N5O6S. The van der Waals surface area contributed by atoms with Gasteiger partial charge >= 0.3 is 0 Å². The Bertz CT molecular complexity index is 1430. The third kappa shape index (κ3) is 5.82. The number of oxime groups is 1. The van der Waals surface area contributed by atoms with E-state index in [-0.39, 0.29) is 24.4 Å². The van der Waals surface area contributed by atoms with Gasteiger partial charge in [0.15, 0.2) is 5.82 Å². The van der Waals surface area contributed by atoms with E-state index < -0.39 is 15.3 Å². The lowest BCUT2D eigenvalue weighted by Crippen LogP contribution is -2.43. The number of aliphatic hydroxyl groups is 1. The summed E-state index contributed by atoms with van der Waals surface area (Å²) in [4.78, 5) is 16.2. The number of rotatable bonds is 11. The van der Waals surface area contributed by atoms with Crippen molar-refractivity contribution in [3.05, 3.63) is 50.9 Å². The summed E-state index contributed by atoms with van der Waals surface area (Å²) in [7, 11) is -3.67. The van der Waals surface area contributed by atoms with Crippen LogP contribution in [0.25, 0.3) is 11.1 Å². The summed E-state index contributed by atoms with van der Waals surface area (Å²) in [6.07, 6.45) is 9.06. The zero-order valence-electron chi connectivity index (χ0n) is 22.9. The molecule has 0 radical (unpaired) electrons. The molecule has 39 heavy (non-hydrogen) atoms. The summed E-state index contributed by atoms with van der Waals surface area (Å²) in [6.45, 7) is 7.18. The van der Waals surface area contributed by atoms with Gasteiger partial charge in [0, 0.05) is 37.3 Å². The van der Waals surface area contributed by atoms with E-state index in [2.05, 4.69) is 10.1 Å². The Balaban J connectivity index is 1.74. The van der Waals surface area contributed by atoms with Crippen molar-refractivity contribution in [2.45, 2.75) is 71.0 Å². The minimum Gasteiger partial charge on any atom is -0.493 e. The molecule has 0 aromatic carbocycles. The molecule has 2 aromatic rings. The van der Waals surface area contributed by atoms with E-state index in [4.69, 9.17) is 9.84 Å². The van der Waals surface area contributed by atoms with E-state index in [0.29, 0.717) is 66.4 Å². The quantitative estimate of drug-likeness (QED) is 0.217. The lowest BCUT2D eigenvalue weighted by atomic mass is 9.95. The van der Waals surface area contributed by atoms with Crippen molar-refractivity contribution in [3.63, 3.8) is 0 Å². The van der Waals surface area contributed by atoms with Crippen molar-refractivity contribution in [2.75, 3.05) is 26.3 Å². The molecule has 1 aliphatic carbocycles. The fourth-order valence-electron chi connectivity index (χ4n) is 5.52. The summed E-state index contributed by atoms with van der Waals surface area (Å²) in [5, 5.41) is 25.6. The topological polar surface area (TPSA) is 150 Å². The zero-order valence-corrected chi connectivity index (χ0v) is 23.7. The Labute approximate surface area is 228 Å². The first kappa shape index (κ1) is 29.0. The highest BCUT2D eigenvalue weighted by molar-refractivity contribution is 7.89. The van der Waals surface area contributed by atoms with Crippen LogP contribution in [0.1, 0.15) is 75.0 Å². The van der Waals surface area contributed by atoms with Crippen LogP contribution < -0.4 is 5.56 Å². The van der Waals surface area contributed by atoms with Crippen LogP contribution in [0, 0.1) is 12.8 Å². The molecule has 12 heteroatoms. The number of piperidine rings is 1. The van der Waals surface area contributed by atoms with Crippen LogP contribution in [0.2, 0.25) is 0 Å². The molecule has 4 rings (SSSR count). The maximum absolute atomic E-state index is 13.7. The van der Waals surface area contributed by atoms with Gasteiger partial charge in [-0.1, -0.05) is 31.5 Å². The SMILES string of the molecule is CCCOC1=C(c2nn3c(CCC)c(/C=N/O)c(C)c3c(=O)[nH]2)CC(S(=O)(=O)N2CCC(CCO)CC2)C=C1. The maximum atomic E-state index is 13.7. The zero-order chi connectivity index (χ0) is 28.2. The fourth-order valence-corrected chi connectivity index (χ4v) is 7.28. The van der Waals surface area contributed by atoms with Crippen LogP contribution in [-0.2, 0) is 21.2 Å².